The molecular formula is C20H22F3N7O3. The summed E-state index contributed by atoms with van der Waals surface area (Å²) in [6.07, 6.45) is 1.35. The lowest BCUT2D eigenvalue weighted by Gasteiger charge is -2.33. The van der Waals surface area contributed by atoms with Gasteiger partial charge in [-0.15, -0.1) is 5.10 Å². The molecule has 1 amide bonds. The standard InChI is InChI=1S/C18H21N7O.C2HF3O2/c1-13(26)24-7-6-18(16-4-2-3-5-17(16)24)25-12-15(21-22-25)11-23-10-14(8-19)9-20-23;3-2(4,5)1(6)7/h2-5,9-10,12,18H,6-8,11,19H2,1H3;(H,6,7). The van der Waals surface area contributed by atoms with Gasteiger partial charge in [0.1, 0.15) is 5.69 Å². The van der Waals surface area contributed by atoms with Crippen LogP contribution in [-0.2, 0) is 22.7 Å². The summed E-state index contributed by atoms with van der Waals surface area (Å²) < 4.78 is 35.4. The zero-order valence-corrected chi connectivity index (χ0v) is 17.6. The zero-order valence-electron chi connectivity index (χ0n) is 17.6. The largest absolute Gasteiger partial charge is 0.490 e. The van der Waals surface area contributed by atoms with E-state index in [-0.39, 0.29) is 11.9 Å². The number of carboxylic acid groups (broad SMARTS) is 1. The van der Waals surface area contributed by atoms with Gasteiger partial charge in [-0.25, -0.2) is 9.48 Å². The highest BCUT2D eigenvalue weighted by atomic mass is 19.4. The fourth-order valence-corrected chi connectivity index (χ4v) is 3.45. The SMILES string of the molecule is CC(=O)N1CCC(n2cc(Cn3cc(CN)cn3)nn2)c2ccccc21.O=C(O)C(F)(F)F. The van der Waals surface area contributed by atoms with Gasteiger partial charge in [0, 0.05) is 43.0 Å². The first-order valence-corrected chi connectivity index (χ1v) is 9.89. The number of carbonyl (C=O) groups excluding carboxylic acids is 1. The molecule has 1 aliphatic rings. The van der Waals surface area contributed by atoms with E-state index in [1.807, 2.05) is 44.9 Å². The highest BCUT2D eigenvalue weighted by Crippen LogP contribution is 2.35. The molecule has 0 saturated carbocycles. The van der Waals surface area contributed by atoms with Crippen LogP contribution in [0.2, 0.25) is 0 Å². The lowest BCUT2D eigenvalue weighted by atomic mass is 9.96. The van der Waals surface area contributed by atoms with Crippen LogP contribution in [-0.4, -0.2) is 54.5 Å². The monoisotopic (exact) mass is 465 g/mol. The van der Waals surface area contributed by atoms with Crippen LogP contribution < -0.4 is 10.6 Å². The molecule has 10 nitrogen and oxygen atoms in total. The number of halogens is 3. The van der Waals surface area contributed by atoms with Gasteiger partial charge in [-0.05, 0) is 12.5 Å². The number of carboxylic acids is 1. The summed E-state index contributed by atoms with van der Waals surface area (Å²) in [4.78, 5) is 22.6. The molecule has 3 heterocycles. The normalized spacial score (nSPS) is 15.4. The van der Waals surface area contributed by atoms with Gasteiger partial charge in [-0.2, -0.15) is 18.3 Å². The quantitative estimate of drug-likeness (QED) is 0.602. The molecule has 0 radical (unpaired) electrons. The molecule has 1 aromatic carbocycles. The molecule has 1 unspecified atom stereocenters. The van der Waals surface area contributed by atoms with Crippen LogP contribution in [0.1, 0.15) is 36.2 Å². The first kappa shape index (κ1) is 23.9. The summed E-state index contributed by atoms with van der Waals surface area (Å²) in [6.45, 7) is 3.29. The van der Waals surface area contributed by atoms with Crippen molar-refractivity contribution in [3.8, 4) is 0 Å². The van der Waals surface area contributed by atoms with Crippen LogP contribution in [0.4, 0.5) is 18.9 Å². The summed E-state index contributed by atoms with van der Waals surface area (Å²) in [5.41, 5.74) is 9.49. The van der Waals surface area contributed by atoms with E-state index in [2.05, 4.69) is 21.5 Å². The van der Waals surface area contributed by atoms with Crippen molar-refractivity contribution in [1.82, 2.24) is 24.8 Å². The number of fused-ring (bicyclic) bond motifs is 1. The number of aromatic nitrogens is 5. The minimum atomic E-state index is -5.08. The summed E-state index contributed by atoms with van der Waals surface area (Å²) in [5.74, 6) is -2.70. The Morgan fingerprint density at radius 2 is 1.94 bits per heavy atom. The molecule has 1 atom stereocenters. The van der Waals surface area contributed by atoms with Crippen LogP contribution in [0.25, 0.3) is 0 Å². The fourth-order valence-electron chi connectivity index (χ4n) is 3.45. The van der Waals surface area contributed by atoms with E-state index < -0.39 is 12.1 Å². The molecule has 1 aliphatic heterocycles. The number of alkyl halides is 3. The molecule has 0 saturated heterocycles. The molecule has 13 heteroatoms. The number of anilines is 1. The maximum atomic E-state index is 11.9. The van der Waals surface area contributed by atoms with Crippen molar-refractivity contribution in [3.63, 3.8) is 0 Å². The summed E-state index contributed by atoms with van der Waals surface area (Å²) in [5, 5.41) is 20.0. The molecule has 4 rings (SSSR count). The maximum absolute atomic E-state index is 11.9. The molecule has 3 N–H and O–H groups in total. The first-order chi connectivity index (χ1) is 15.6. The Morgan fingerprint density at radius 3 is 2.55 bits per heavy atom. The van der Waals surface area contributed by atoms with Gasteiger partial charge in [0.05, 0.1) is 25.0 Å². The molecular weight excluding hydrogens is 443 g/mol. The van der Waals surface area contributed by atoms with Crippen LogP contribution in [0, 0.1) is 0 Å². The van der Waals surface area contributed by atoms with Gasteiger partial charge in [-0.1, -0.05) is 23.4 Å². The average Bonchev–Trinajstić information content (AvgIpc) is 3.42. The van der Waals surface area contributed by atoms with E-state index in [9.17, 15) is 18.0 Å². The lowest BCUT2D eigenvalue weighted by molar-refractivity contribution is -0.192. The van der Waals surface area contributed by atoms with Gasteiger partial charge in [0.25, 0.3) is 0 Å². The number of rotatable bonds is 4. The third kappa shape index (κ3) is 5.74. The number of hydrogen-bond acceptors (Lipinski definition) is 6. The van der Waals surface area contributed by atoms with E-state index in [1.54, 1.807) is 13.1 Å². The Labute approximate surface area is 186 Å². The minimum Gasteiger partial charge on any atom is -0.475 e. The molecule has 0 bridgehead atoms. The molecule has 176 valence electrons. The second-order valence-electron chi connectivity index (χ2n) is 7.28. The molecule has 0 aliphatic carbocycles. The zero-order chi connectivity index (χ0) is 24.2. The van der Waals surface area contributed by atoms with Crippen LogP contribution in [0.3, 0.4) is 0 Å². The topological polar surface area (TPSA) is 132 Å². The van der Waals surface area contributed by atoms with Crippen molar-refractivity contribution in [1.29, 1.82) is 0 Å². The fraction of sp³-hybridized carbons (Fsp3) is 0.350. The number of nitrogens with two attached hydrogens (primary N) is 1. The first-order valence-electron chi connectivity index (χ1n) is 9.89. The van der Waals surface area contributed by atoms with E-state index in [1.165, 1.54) is 0 Å². The molecule has 0 fully saturated rings. The predicted molar refractivity (Wildman–Crippen MR) is 110 cm³/mol. The highest BCUT2D eigenvalue weighted by molar-refractivity contribution is 5.93. The predicted octanol–water partition coefficient (Wildman–Crippen LogP) is 1.96. The number of amides is 1. The van der Waals surface area contributed by atoms with Gasteiger partial charge in [0.15, 0.2) is 0 Å². The minimum absolute atomic E-state index is 0.0598. The van der Waals surface area contributed by atoms with E-state index in [0.717, 1.165) is 28.9 Å². The van der Waals surface area contributed by atoms with E-state index >= 15 is 0 Å². The smallest absolute Gasteiger partial charge is 0.475 e. The van der Waals surface area contributed by atoms with Crippen molar-refractivity contribution >= 4 is 17.6 Å². The van der Waals surface area contributed by atoms with Crippen molar-refractivity contribution < 1.29 is 27.9 Å². The second kappa shape index (κ2) is 9.81. The molecule has 33 heavy (non-hydrogen) atoms. The number of hydrogen-bond donors (Lipinski definition) is 2. The van der Waals surface area contributed by atoms with Gasteiger partial charge < -0.3 is 15.7 Å². The Kier molecular flexibility index (Phi) is 7.11. The van der Waals surface area contributed by atoms with Crippen LogP contribution >= 0.6 is 0 Å². The number of carbonyl (C=O) groups is 2. The van der Waals surface area contributed by atoms with Gasteiger partial charge in [0.2, 0.25) is 5.91 Å². The maximum Gasteiger partial charge on any atom is 0.490 e. The van der Waals surface area contributed by atoms with Gasteiger partial charge >= 0.3 is 12.1 Å². The molecule has 0 spiro atoms. The van der Waals surface area contributed by atoms with Crippen LogP contribution in [0.15, 0.2) is 42.9 Å². The second-order valence-corrected chi connectivity index (χ2v) is 7.28. The lowest BCUT2D eigenvalue weighted by Crippen LogP contribution is -2.36. The molecule has 3 aromatic rings. The number of aliphatic carboxylic acids is 1. The number of benzene rings is 1. The third-order valence-corrected chi connectivity index (χ3v) is 4.96. The van der Waals surface area contributed by atoms with Crippen molar-refractivity contribution in [2.75, 3.05) is 11.4 Å². The van der Waals surface area contributed by atoms with Gasteiger partial charge in [-0.3, -0.25) is 9.48 Å². The summed E-state index contributed by atoms with van der Waals surface area (Å²) >= 11 is 0. The highest BCUT2D eigenvalue weighted by Gasteiger charge is 2.38. The number of nitrogens with zero attached hydrogens (tertiary/aromatic N) is 6. The van der Waals surface area contributed by atoms with E-state index in [4.69, 9.17) is 15.6 Å². The summed E-state index contributed by atoms with van der Waals surface area (Å²) in [7, 11) is 0. The van der Waals surface area contributed by atoms with Crippen LogP contribution in [0.5, 0.6) is 0 Å². The Bertz CT molecular complexity index is 1130. The third-order valence-electron chi connectivity index (χ3n) is 4.96. The van der Waals surface area contributed by atoms with E-state index in [0.29, 0.717) is 19.6 Å². The number of para-hydroxylation sites is 1. The van der Waals surface area contributed by atoms with Crippen molar-refractivity contribution in [2.24, 2.45) is 5.73 Å². The Balaban J connectivity index is 0.000000383. The average molecular weight is 465 g/mol. The van der Waals surface area contributed by atoms with Crippen molar-refractivity contribution in [3.05, 3.63) is 59.7 Å². The molecule has 2 aromatic heterocycles. The summed E-state index contributed by atoms with van der Waals surface area (Å²) in [6, 6.07) is 8.05. The Hall–Kier alpha value is -3.74. The Morgan fingerprint density at radius 1 is 1.24 bits per heavy atom. The van der Waals surface area contributed by atoms with Crippen molar-refractivity contribution in [2.45, 2.75) is 38.7 Å².